The molecule has 0 spiro atoms. The van der Waals surface area contributed by atoms with Crippen LogP contribution in [0.5, 0.6) is 5.75 Å². The number of pyridine rings is 1. The molecule has 3 N–H and O–H groups in total. The van der Waals surface area contributed by atoms with Gasteiger partial charge in [-0.25, -0.2) is 0 Å². The number of aromatic hydroxyl groups is 1. The average molecular weight is 302 g/mol. The molecule has 0 atom stereocenters. The number of benzene rings is 1. The van der Waals surface area contributed by atoms with Crippen LogP contribution in [0.4, 0.5) is 5.69 Å². The molecular formula is C11H10BrClN2O. The second-order valence-corrected chi connectivity index (χ2v) is 4.08. The number of hydrogen-bond acceptors (Lipinski definition) is 3. The second kappa shape index (κ2) is 5.18. The van der Waals surface area contributed by atoms with E-state index >= 15 is 0 Å². The smallest absolute Gasteiger partial charge is 0.125 e. The number of anilines is 1. The molecule has 0 saturated heterocycles. The lowest BCUT2D eigenvalue weighted by Gasteiger charge is -2.05. The second-order valence-electron chi connectivity index (χ2n) is 3.17. The van der Waals surface area contributed by atoms with Crippen LogP contribution in [0.1, 0.15) is 0 Å². The number of phenolic OH excluding ortho intramolecular Hbond substituents is 1. The molecule has 0 aliphatic rings. The van der Waals surface area contributed by atoms with Crippen molar-refractivity contribution in [1.82, 2.24) is 4.98 Å². The van der Waals surface area contributed by atoms with Crippen LogP contribution in [-0.4, -0.2) is 10.1 Å². The van der Waals surface area contributed by atoms with Crippen molar-refractivity contribution in [3.8, 4) is 16.9 Å². The fourth-order valence-corrected chi connectivity index (χ4v) is 1.72. The summed E-state index contributed by atoms with van der Waals surface area (Å²) in [6.45, 7) is 0. The highest BCUT2D eigenvalue weighted by Crippen LogP contribution is 2.31. The van der Waals surface area contributed by atoms with Crippen molar-refractivity contribution in [2.24, 2.45) is 0 Å². The Morgan fingerprint density at radius 2 is 1.94 bits per heavy atom. The normalized spacial score (nSPS) is 9.56. The van der Waals surface area contributed by atoms with E-state index < -0.39 is 0 Å². The quantitative estimate of drug-likeness (QED) is 0.795. The Kier molecular flexibility index (Phi) is 4.15. The Morgan fingerprint density at radius 3 is 2.56 bits per heavy atom. The topological polar surface area (TPSA) is 59.1 Å². The van der Waals surface area contributed by atoms with Gasteiger partial charge in [0.05, 0.1) is 0 Å². The average Bonchev–Trinajstić information content (AvgIpc) is 2.17. The Balaban J connectivity index is 0.00000128. The number of nitrogens with zero attached hydrogens (tertiary/aromatic N) is 1. The van der Waals surface area contributed by atoms with E-state index in [0.717, 1.165) is 15.6 Å². The number of phenols is 1. The SMILES string of the molecule is Cl.Nc1ccc(-c2cncc(Br)c2)c(O)c1. The molecule has 5 heteroatoms. The molecular weight excluding hydrogens is 291 g/mol. The van der Waals surface area contributed by atoms with Gasteiger partial charge in [-0.15, -0.1) is 12.4 Å². The highest BCUT2D eigenvalue weighted by atomic mass is 79.9. The summed E-state index contributed by atoms with van der Waals surface area (Å²) in [5.41, 5.74) is 7.66. The van der Waals surface area contributed by atoms with Crippen LogP contribution >= 0.6 is 28.3 Å². The largest absolute Gasteiger partial charge is 0.507 e. The van der Waals surface area contributed by atoms with Crippen LogP contribution in [0.3, 0.4) is 0 Å². The first-order valence-corrected chi connectivity index (χ1v) is 5.15. The molecule has 0 aliphatic carbocycles. The molecule has 0 unspecified atom stereocenters. The van der Waals surface area contributed by atoms with E-state index in [9.17, 15) is 5.11 Å². The molecule has 0 fully saturated rings. The monoisotopic (exact) mass is 300 g/mol. The van der Waals surface area contributed by atoms with Crippen molar-refractivity contribution in [3.05, 3.63) is 41.1 Å². The first-order valence-electron chi connectivity index (χ1n) is 4.36. The lowest BCUT2D eigenvalue weighted by Crippen LogP contribution is -1.86. The van der Waals surface area contributed by atoms with E-state index in [0.29, 0.717) is 5.69 Å². The van der Waals surface area contributed by atoms with Crippen LogP contribution in [0, 0.1) is 0 Å². The fraction of sp³-hybridized carbons (Fsp3) is 0. The zero-order valence-electron chi connectivity index (χ0n) is 8.22. The predicted molar refractivity (Wildman–Crippen MR) is 70.7 cm³/mol. The van der Waals surface area contributed by atoms with E-state index in [1.165, 1.54) is 6.07 Å². The first-order chi connectivity index (χ1) is 7.16. The van der Waals surface area contributed by atoms with Crippen LogP contribution in [0.2, 0.25) is 0 Å². The van der Waals surface area contributed by atoms with E-state index in [1.807, 2.05) is 6.07 Å². The zero-order chi connectivity index (χ0) is 10.8. The van der Waals surface area contributed by atoms with Crippen molar-refractivity contribution >= 4 is 34.0 Å². The molecule has 16 heavy (non-hydrogen) atoms. The number of halogens is 2. The van der Waals surface area contributed by atoms with Gasteiger partial charge in [-0.3, -0.25) is 4.98 Å². The van der Waals surface area contributed by atoms with Gasteiger partial charge >= 0.3 is 0 Å². The molecule has 0 amide bonds. The van der Waals surface area contributed by atoms with Gasteiger partial charge in [0, 0.05) is 39.7 Å². The van der Waals surface area contributed by atoms with Gasteiger partial charge in [-0.05, 0) is 34.1 Å². The molecule has 0 bridgehead atoms. The number of rotatable bonds is 1. The van der Waals surface area contributed by atoms with E-state index in [4.69, 9.17) is 5.73 Å². The molecule has 0 saturated carbocycles. The summed E-state index contributed by atoms with van der Waals surface area (Å²) in [7, 11) is 0. The van der Waals surface area contributed by atoms with Gasteiger partial charge in [0.2, 0.25) is 0 Å². The third kappa shape index (κ3) is 2.65. The first kappa shape index (κ1) is 12.8. The van der Waals surface area contributed by atoms with Gasteiger partial charge in [0.1, 0.15) is 5.75 Å². The number of nitrogens with two attached hydrogens (primary N) is 1. The van der Waals surface area contributed by atoms with Crippen LogP contribution in [0.25, 0.3) is 11.1 Å². The maximum atomic E-state index is 9.71. The summed E-state index contributed by atoms with van der Waals surface area (Å²) in [6.07, 6.45) is 3.38. The Bertz CT molecular complexity index is 505. The minimum absolute atomic E-state index is 0. The van der Waals surface area contributed by atoms with Gasteiger partial charge < -0.3 is 10.8 Å². The standard InChI is InChI=1S/C11H9BrN2O.ClH/c12-8-3-7(5-14-6-8)10-2-1-9(13)4-11(10)15;/h1-6,15H,13H2;1H. The lowest BCUT2D eigenvalue weighted by molar-refractivity contribution is 0.477. The van der Waals surface area contributed by atoms with Gasteiger partial charge in [-0.1, -0.05) is 0 Å². The van der Waals surface area contributed by atoms with E-state index in [-0.39, 0.29) is 18.2 Å². The Hall–Kier alpha value is -1.26. The summed E-state index contributed by atoms with van der Waals surface area (Å²) >= 11 is 3.33. The zero-order valence-corrected chi connectivity index (χ0v) is 10.6. The third-order valence-electron chi connectivity index (χ3n) is 2.04. The van der Waals surface area contributed by atoms with Crippen molar-refractivity contribution in [2.75, 3.05) is 5.73 Å². The minimum atomic E-state index is 0. The predicted octanol–water partition coefficient (Wildman–Crippen LogP) is 3.22. The molecule has 0 radical (unpaired) electrons. The molecule has 1 aromatic heterocycles. The van der Waals surface area contributed by atoms with E-state index in [2.05, 4.69) is 20.9 Å². The molecule has 2 rings (SSSR count). The highest BCUT2D eigenvalue weighted by molar-refractivity contribution is 9.10. The summed E-state index contributed by atoms with van der Waals surface area (Å²) in [5.74, 6) is 0.162. The van der Waals surface area contributed by atoms with Crippen LogP contribution < -0.4 is 5.73 Å². The number of hydrogen-bond donors (Lipinski definition) is 2. The van der Waals surface area contributed by atoms with Gasteiger partial charge in [-0.2, -0.15) is 0 Å². The van der Waals surface area contributed by atoms with Crippen LogP contribution in [0.15, 0.2) is 41.1 Å². The highest BCUT2D eigenvalue weighted by Gasteiger charge is 2.04. The Labute approximate surface area is 108 Å². The lowest BCUT2D eigenvalue weighted by atomic mass is 10.1. The molecule has 2 aromatic rings. The molecule has 3 nitrogen and oxygen atoms in total. The van der Waals surface area contributed by atoms with Gasteiger partial charge in [0.25, 0.3) is 0 Å². The number of aromatic nitrogens is 1. The Morgan fingerprint density at radius 1 is 1.19 bits per heavy atom. The maximum absolute atomic E-state index is 9.71. The van der Waals surface area contributed by atoms with E-state index in [1.54, 1.807) is 24.5 Å². The van der Waals surface area contributed by atoms with Crippen molar-refractivity contribution in [1.29, 1.82) is 0 Å². The van der Waals surface area contributed by atoms with Crippen molar-refractivity contribution < 1.29 is 5.11 Å². The summed E-state index contributed by atoms with van der Waals surface area (Å²) in [5, 5.41) is 9.71. The third-order valence-corrected chi connectivity index (χ3v) is 2.47. The summed E-state index contributed by atoms with van der Waals surface area (Å²) < 4.78 is 0.872. The van der Waals surface area contributed by atoms with Crippen LogP contribution in [-0.2, 0) is 0 Å². The molecule has 1 heterocycles. The number of nitrogen functional groups attached to an aromatic ring is 1. The molecule has 1 aromatic carbocycles. The maximum Gasteiger partial charge on any atom is 0.125 e. The van der Waals surface area contributed by atoms with Crippen molar-refractivity contribution in [3.63, 3.8) is 0 Å². The summed E-state index contributed by atoms with van der Waals surface area (Å²) in [4.78, 5) is 4.03. The molecule has 0 aliphatic heterocycles. The molecule has 84 valence electrons. The van der Waals surface area contributed by atoms with Crippen molar-refractivity contribution in [2.45, 2.75) is 0 Å². The minimum Gasteiger partial charge on any atom is -0.507 e. The fourth-order valence-electron chi connectivity index (χ4n) is 1.35. The van der Waals surface area contributed by atoms with Gasteiger partial charge in [0.15, 0.2) is 0 Å². The summed E-state index contributed by atoms with van der Waals surface area (Å²) in [6, 6.07) is 6.93.